The van der Waals surface area contributed by atoms with Crippen molar-refractivity contribution < 1.29 is 36.2 Å². The molecule has 1 aromatic carbocycles. The Hall–Kier alpha value is -1.73. The van der Waals surface area contributed by atoms with Crippen molar-refractivity contribution in [3.63, 3.8) is 0 Å². The Balaban J connectivity index is 3.62. The van der Waals surface area contributed by atoms with Gasteiger partial charge in [0.05, 0.1) is 16.7 Å². The molecule has 0 unspecified atom stereocenters. The van der Waals surface area contributed by atoms with E-state index in [0.717, 1.165) is 6.92 Å². The van der Waals surface area contributed by atoms with Gasteiger partial charge in [0.2, 0.25) is 0 Å². The molecular formula is C10H6F6O2. The highest BCUT2D eigenvalue weighted by atomic mass is 19.4. The molecule has 1 rings (SSSR count). The highest BCUT2D eigenvalue weighted by Gasteiger charge is 2.40. The van der Waals surface area contributed by atoms with Gasteiger partial charge in [-0.25, -0.2) is 4.79 Å². The lowest BCUT2D eigenvalue weighted by Gasteiger charge is -2.16. The largest absolute Gasteiger partial charge is 0.478 e. The Bertz CT molecular complexity index is 486. The first-order valence-corrected chi connectivity index (χ1v) is 4.47. The van der Waals surface area contributed by atoms with Gasteiger partial charge in [0.1, 0.15) is 0 Å². The lowest BCUT2D eigenvalue weighted by atomic mass is 9.98. The van der Waals surface area contributed by atoms with Crippen LogP contribution in [0.15, 0.2) is 12.1 Å². The first-order valence-electron chi connectivity index (χ1n) is 4.47. The van der Waals surface area contributed by atoms with Crippen LogP contribution >= 0.6 is 0 Å². The van der Waals surface area contributed by atoms with E-state index in [1.54, 1.807) is 0 Å². The molecule has 0 radical (unpaired) electrons. The van der Waals surface area contributed by atoms with Crippen LogP contribution in [0.1, 0.15) is 27.0 Å². The number of alkyl halides is 6. The minimum atomic E-state index is -5.17. The first-order chi connectivity index (χ1) is 7.94. The van der Waals surface area contributed by atoms with Crippen LogP contribution in [0.25, 0.3) is 0 Å². The number of rotatable bonds is 1. The number of aryl methyl sites for hydroxylation is 1. The zero-order chi connectivity index (χ0) is 14.3. The van der Waals surface area contributed by atoms with Crippen molar-refractivity contribution in [2.75, 3.05) is 0 Å². The lowest BCUT2D eigenvalue weighted by Crippen LogP contribution is -2.17. The van der Waals surface area contributed by atoms with E-state index in [4.69, 9.17) is 5.11 Å². The van der Waals surface area contributed by atoms with E-state index in [0.29, 0.717) is 6.07 Å². The maximum absolute atomic E-state index is 12.5. The van der Waals surface area contributed by atoms with Gasteiger partial charge >= 0.3 is 18.3 Å². The molecule has 8 heteroatoms. The molecule has 0 heterocycles. The third-order valence-corrected chi connectivity index (χ3v) is 2.21. The van der Waals surface area contributed by atoms with E-state index in [9.17, 15) is 31.1 Å². The summed E-state index contributed by atoms with van der Waals surface area (Å²) in [5, 5.41) is 8.57. The zero-order valence-electron chi connectivity index (χ0n) is 8.78. The molecule has 0 saturated heterocycles. The second kappa shape index (κ2) is 4.18. The van der Waals surface area contributed by atoms with Gasteiger partial charge in [0.15, 0.2) is 0 Å². The van der Waals surface area contributed by atoms with Gasteiger partial charge in [0, 0.05) is 0 Å². The molecule has 1 aromatic rings. The van der Waals surface area contributed by atoms with Crippen molar-refractivity contribution in [2.24, 2.45) is 0 Å². The monoisotopic (exact) mass is 272 g/mol. The van der Waals surface area contributed by atoms with Crippen molar-refractivity contribution in [1.82, 2.24) is 0 Å². The molecule has 0 aliphatic heterocycles. The quantitative estimate of drug-likeness (QED) is 0.791. The van der Waals surface area contributed by atoms with Crippen molar-refractivity contribution in [3.8, 4) is 0 Å². The summed E-state index contributed by atoms with van der Waals surface area (Å²) in [6, 6.07) is 0.187. The summed E-state index contributed by atoms with van der Waals surface area (Å²) >= 11 is 0. The fourth-order valence-electron chi connectivity index (χ4n) is 1.42. The van der Waals surface area contributed by atoms with Crippen LogP contribution in [0.2, 0.25) is 0 Å². The molecule has 0 aliphatic rings. The summed E-state index contributed by atoms with van der Waals surface area (Å²) in [5.74, 6) is -1.93. The highest BCUT2D eigenvalue weighted by Crippen LogP contribution is 2.39. The molecule has 0 atom stereocenters. The molecular weight excluding hydrogens is 266 g/mol. The molecule has 2 nitrogen and oxygen atoms in total. The molecule has 100 valence electrons. The fourth-order valence-corrected chi connectivity index (χ4v) is 1.42. The molecule has 1 N–H and O–H groups in total. The predicted octanol–water partition coefficient (Wildman–Crippen LogP) is 3.73. The summed E-state index contributed by atoms with van der Waals surface area (Å²) in [6.07, 6.45) is -10.1. The molecule has 0 aromatic heterocycles. The molecule has 0 aliphatic carbocycles. The lowest BCUT2D eigenvalue weighted by molar-refractivity contribution is -0.143. The van der Waals surface area contributed by atoms with Gasteiger partial charge in [-0.1, -0.05) is 0 Å². The Morgan fingerprint density at radius 3 is 1.78 bits per heavy atom. The topological polar surface area (TPSA) is 37.3 Å². The van der Waals surface area contributed by atoms with Crippen LogP contribution in [-0.2, 0) is 12.4 Å². The van der Waals surface area contributed by atoms with E-state index in [1.165, 1.54) is 0 Å². The summed E-state index contributed by atoms with van der Waals surface area (Å²) in [6.45, 7) is 0.898. The van der Waals surface area contributed by atoms with Crippen molar-refractivity contribution in [3.05, 3.63) is 34.4 Å². The Morgan fingerprint density at radius 1 is 1.00 bits per heavy atom. The van der Waals surface area contributed by atoms with E-state index >= 15 is 0 Å². The molecule has 0 spiro atoms. The van der Waals surface area contributed by atoms with E-state index < -0.39 is 40.6 Å². The van der Waals surface area contributed by atoms with E-state index in [2.05, 4.69) is 0 Å². The van der Waals surface area contributed by atoms with Crippen molar-refractivity contribution in [1.29, 1.82) is 0 Å². The number of carboxylic acid groups (broad SMARTS) is 1. The number of hydrogen-bond donors (Lipinski definition) is 1. The number of halogens is 6. The van der Waals surface area contributed by atoms with Crippen molar-refractivity contribution in [2.45, 2.75) is 19.3 Å². The third-order valence-electron chi connectivity index (χ3n) is 2.21. The average Bonchev–Trinajstić information content (AvgIpc) is 2.12. The second-order valence-electron chi connectivity index (χ2n) is 3.51. The SMILES string of the molecule is Cc1cc(C(=O)O)c(C(F)(F)F)cc1C(F)(F)F. The summed E-state index contributed by atoms with van der Waals surface area (Å²) in [7, 11) is 0. The number of benzene rings is 1. The number of carboxylic acids is 1. The fraction of sp³-hybridized carbons (Fsp3) is 0.300. The molecule has 18 heavy (non-hydrogen) atoms. The second-order valence-corrected chi connectivity index (χ2v) is 3.51. The third kappa shape index (κ3) is 2.74. The standard InChI is InChI=1S/C10H6F6O2/c1-4-2-5(8(17)18)7(10(14,15)16)3-6(4)9(11,12)13/h2-3H,1H3,(H,17,18). The van der Waals surface area contributed by atoms with Gasteiger partial charge in [0.25, 0.3) is 0 Å². The summed E-state index contributed by atoms with van der Waals surface area (Å²) in [5.41, 5.74) is -5.09. The molecule has 0 fully saturated rings. The van der Waals surface area contributed by atoms with Crippen LogP contribution in [0.4, 0.5) is 26.3 Å². The maximum Gasteiger partial charge on any atom is 0.417 e. The molecule has 0 bridgehead atoms. The number of carbonyl (C=O) groups is 1. The smallest absolute Gasteiger partial charge is 0.417 e. The number of aromatic carboxylic acids is 1. The van der Waals surface area contributed by atoms with Crippen molar-refractivity contribution >= 4 is 5.97 Å². The number of hydrogen-bond acceptors (Lipinski definition) is 1. The zero-order valence-corrected chi connectivity index (χ0v) is 8.78. The summed E-state index contributed by atoms with van der Waals surface area (Å²) in [4.78, 5) is 10.6. The Morgan fingerprint density at radius 2 is 1.44 bits per heavy atom. The van der Waals surface area contributed by atoms with Gasteiger partial charge in [-0.2, -0.15) is 26.3 Å². The van der Waals surface area contributed by atoms with Crippen LogP contribution in [-0.4, -0.2) is 11.1 Å². The predicted molar refractivity (Wildman–Crippen MR) is 48.1 cm³/mol. The first kappa shape index (κ1) is 14.3. The molecule has 0 amide bonds. The van der Waals surface area contributed by atoms with Gasteiger partial charge in [-0.15, -0.1) is 0 Å². The van der Waals surface area contributed by atoms with Crippen LogP contribution < -0.4 is 0 Å². The van der Waals surface area contributed by atoms with Crippen LogP contribution in [0, 0.1) is 6.92 Å². The molecule has 0 saturated carbocycles. The van der Waals surface area contributed by atoms with Gasteiger partial charge in [-0.05, 0) is 24.6 Å². The van der Waals surface area contributed by atoms with E-state index in [1.807, 2.05) is 0 Å². The van der Waals surface area contributed by atoms with E-state index in [-0.39, 0.29) is 6.07 Å². The van der Waals surface area contributed by atoms with Gasteiger partial charge in [-0.3, -0.25) is 0 Å². The highest BCUT2D eigenvalue weighted by molar-refractivity contribution is 5.90. The van der Waals surface area contributed by atoms with Crippen LogP contribution in [0.3, 0.4) is 0 Å². The van der Waals surface area contributed by atoms with Gasteiger partial charge < -0.3 is 5.11 Å². The summed E-state index contributed by atoms with van der Waals surface area (Å²) < 4.78 is 74.7. The Labute approximate surface area is 96.8 Å². The normalized spacial score (nSPS) is 12.6. The average molecular weight is 272 g/mol. The Kier molecular flexibility index (Phi) is 3.33. The maximum atomic E-state index is 12.5. The van der Waals surface area contributed by atoms with Crippen LogP contribution in [0.5, 0.6) is 0 Å². The minimum absolute atomic E-state index is 0.182. The minimum Gasteiger partial charge on any atom is -0.478 e.